The van der Waals surface area contributed by atoms with Gasteiger partial charge < -0.3 is 10.1 Å². The van der Waals surface area contributed by atoms with Crippen molar-refractivity contribution in [3.8, 4) is 5.75 Å². The van der Waals surface area contributed by atoms with Gasteiger partial charge in [-0.15, -0.1) is 0 Å². The van der Waals surface area contributed by atoms with E-state index >= 15 is 0 Å². The molecule has 186 valence electrons. The minimum Gasteiger partial charge on any atom is -0.496 e. The number of nitrogens with one attached hydrogen (secondary N) is 1. The maximum absolute atomic E-state index is 13.8. The number of hydrogen-bond acceptors (Lipinski definition) is 5. The Bertz CT molecular complexity index is 1710. The van der Waals surface area contributed by atoms with Gasteiger partial charge in [0.15, 0.2) is 4.80 Å². The molecule has 0 saturated heterocycles. The Morgan fingerprint density at radius 2 is 1.86 bits per heavy atom. The first-order chi connectivity index (χ1) is 17.9. The molecular formula is C28H21BrFN3O3S. The van der Waals surface area contributed by atoms with Crippen molar-refractivity contribution in [2.24, 2.45) is 4.99 Å². The summed E-state index contributed by atoms with van der Waals surface area (Å²) in [5, 5.41) is 2.90. The van der Waals surface area contributed by atoms with Crippen molar-refractivity contribution in [3.63, 3.8) is 0 Å². The molecule has 4 aromatic rings. The van der Waals surface area contributed by atoms with Gasteiger partial charge in [0.1, 0.15) is 11.6 Å². The summed E-state index contributed by atoms with van der Waals surface area (Å²) in [7, 11) is 1.57. The average Bonchev–Trinajstić information content (AvgIpc) is 3.18. The summed E-state index contributed by atoms with van der Waals surface area (Å²) >= 11 is 4.69. The van der Waals surface area contributed by atoms with Gasteiger partial charge in [-0.3, -0.25) is 14.2 Å². The SMILES string of the molecule is COc1ccc(Br)cc1/C=c1/sc2n(c1=O)[C@H](c1ccc(F)cc1)C(C(=O)Nc1ccccc1)=C(C)N=2. The lowest BCUT2D eigenvalue weighted by Crippen LogP contribution is -2.40. The van der Waals surface area contributed by atoms with E-state index in [9.17, 15) is 14.0 Å². The molecule has 0 spiro atoms. The van der Waals surface area contributed by atoms with Crippen molar-refractivity contribution in [1.82, 2.24) is 4.57 Å². The van der Waals surface area contributed by atoms with Crippen LogP contribution >= 0.6 is 27.3 Å². The monoisotopic (exact) mass is 577 g/mol. The summed E-state index contributed by atoms with van der Waals surface area (Å²) in [5.41, 5.74) is 2.42. The van der Waals surface area contributed by atoms with Crippen molar-refractivity contribution in [1.29, 1.82) is 0 Å². The van der Waals surface area contributed by atoms with Crippen LogP contribution in [0.25, 0.3) is 6.08 Å². The van der Waals surface area contributed by atoms with E-state index in [4.69, 9.17) is 4.74 Å². The lowest BCUT2D eigenvalue weighted by molar-refractivity contribution is -0.113. The number of anilines is 1. The van der Waals surface area contributed by atoms with Gasteiger partial charge in [0.2, 0.25) is 0 Å². The van der Waals surface area contributed by atoms with E-state index in [1.54, 1.807) is 44.4 Å². The molecule has 0 unspecified atom stereocenters. The minimum atomic E-state index is -0.785. The van der Waals surface area contributed by atoms with Crippen LogP contribution in [-0.2, 0) is 4.79 Å². The van der Waals surface area contributed by atoms with E-state index < -0.39 is 11.9 Å². The number of amides is 1. The number of para-hydroxylation sites is 1. The quantitative estimate of drug-likeness (QED) is 0.371. The molecule has 5 rings (SSSR count). The molecule has 3 aromatic carbocycles. The van der Waals surface area contributed by atoms with E-state index in [0.717, 1.165) is 10.0 Å². The van der Waals surface area contributed by atoms with Crippen molar-refractivity contribution in [3.05, 3.63) is 125 Å². The fourth-order valence-electron chi connectivity index (χ4n) is 4.25. The van der Waals surface area contributed by atoms with E-state index in [1.807, 2.05) is 36.4 Å². The third kappa shape index (κ3) is 4.92. The molecule has 37 heavy (non-hydrogen) atoms. The fourth-order valence-corrected chi connectivity index (χ4v) is 5.67. The number of hydrogen-bond donors (Lipinski definition) is 1. The number of methoxy groups -OCH3 is 1. The second-order valence-corrected chi connectivity index (χ2v) is 10.3. The summed E-state index contributed by atoms with van der Waals surface area (Å²) < 4.78 is 22.0. The Kier molecular flexibility index (Phi) is 6.90. The van der Waals surface area contributed by atoms with Gasteiger partial charge >= 0.3 is 0 Å². The number of fused-ring (bicyclic) bond motifs is 1. The van der Waals surface area contributed by atoms with Crippen LogP contribution in [0, 0.1) is 5.82 Å². The second-order valence-electron chi connectivity index (χ2n) is 8.34. The van der Waals surface area contributed by atoms with Crippen LogP contribution in [-0.4, -0.2) is 17.6 Å². The van der Waals surface area contributed by atoms with Crippen molar-refractivity contribution in [2.45, 2.75) is 13.0 Å². The smallest absolute Gasteiger partial charge is 0.271 e. The maximum atomic E-state index is 13.8. The summed E-state index contributed by atoms with van der Waals surface area (Å²) in [5.74, 6) is -0.179. The first-order valence-electron chi connectivity index (χ1n) is 11.3. The summed E-state index contributed by atoms with van der Waals surface area (Å²) in [6.07, 6.45) is 1.75. The first kappa shape index (κ1) is 24.9. The first-order valence-corrected chi connectivity index (χ1v) is 12.9. The molecule has 1 aromatic heterocycles. The highest BCUT2D eigenvalue weighted by Gasteiger charge is 2.32. The van der Waals surface area contributed by atoms with E-state index in [2.05, 4.69) is 26.2 Å². The zero-order chi connectivity index (χ0) is 26.1. The molecule has 0 saturated carbocycles. The molecule has 1 amide bonds. The third-order valence-electron chi connectivity index (χ3n) is 5.96. The molecule has 0 bridgehead atoms. The Hall–Kier alpha value is -3.82. The molecular weight excluding hydrogens is 557 g/mol. The number of carbonyl (C=O) groups excluding carboxylic acids is 1. The third-order valence-corrected chi connectivity index (χ3v) is 7.44. The largest absolute Gasteiger partial charge is 0.496 e. The molecule has 0 aliphatic carbocycles. The number of halogens is 2. The highest BCUT2D eigenvalue weighted by molar-refractivity contribution is 9.10. The Labute approximate surface area is 224 Å². The van der Waals surface area contributed by atoms with Gasteiger partial charge in [0.25, 0.3) is 11.5 Å². The Morgan fingerprint density at radius 3 is 2.57 bits per heavy atom. The Morgan fingerprint density at radius 1 is 1.14 bits per heavy atom. The van der Waals surface area contributed by atoms with Crippen LogP contribution in [0.1, 0.15) is 24.1 Å². The van der Waals surface area contributed by atoms with Gasteiger partial charge in [0.05, 0.1) is 29.0 Å². The lowest BCUT2D eigenvalue weighted by atomic mass is 9.95. The number of carbonyl (C=O) groups is 1. The van der Waals surface area contributed by atoms with Gasteiger partial charge in [-0.1, -0.05) is 57.6 Å². The topological polar surface area (TPSA) is 72.7 Å². The number of benzene rings is 3. The Balaban J connectivity index is 1.69. The van der Waals surface area contributed by atoms with Crippen molar-refractivity contribution < 1.29 is 13.9 Å². The van der Waals surface area contributed by atoms with E-state index in [-0.39, 0.29) is 11.5 Å². The number of ether oxygens (including phenoxy) is 1. The summed E-state index contributed by atoms with van der Waals surface area (Å²) in [4.78, 5) is 32.4. The molecule has 1 aliphatic rings. The predicted octanol–water partition coefficient (Wildman–Crippen LogP) is 4.78. The number of allylic oxidation sites excluding steroid dienone is 1. The molecule has 1 aliphatic heterocycles. The molecule has 6 nitrogen and oxygen atoms in total. The standard InChI is InChI=1S/C28H21BrFN3O3S/c1-16-24(26(34)32-21-6-4-3-5-7-21)25(17-8-11-20(30)12-9-17)33-27(35)23(37-28(33)31-16)15-18-14-19(29)10-13-22(18)36-2/h3-15,25H,1-2H3,(H,32,34)/b23-15+/t25-/m1/s1. The van der Waals surface area contributed by atoms with E-state index in [1.165, 1.54) is 28.0 Å². The summed E-state index contributed by atoms with van der Waals surface area (Å²) in [6.45, 7) is 1.74. The van der Waals surface area contributed by atoms with Gasteiger partial charge in [-0.25, -0.2) is 9.38 Å². The number of thiazole rings is 1. The van der Waals surface area contributed by atoms with Crippen LogP contribution in [0.3, 0.4) is 0 Å². The fraction of sp³-hybridized carbons (Fsp3) is 0.107. The second kappa shape index (κ2) is 10.3. The molecule has 0 fully saturated rings. The van der Waals surface area contributed by atoms with E-state index in [0.29, 0.717) is 37.6 Å². The van der Waals surface area contributed by atoms with Gasteiger partial charge in [0, 0.05) is 15.7 Å². The van der Waals surface area contributed by atoms with Crippen LogP contribution < -0.4 is 24.9 Å². The number of aromatic nitrogens is 1. The lowest BCUT2D eigenvalue weighted by Gasteiger charge is -2.25. The number of nitrogens with zero attached hydrogens (tertiary/aromatic N) is 2. The molecule has 9 heteroatoms. The zero-order valence-corrected chi connectivity index (χ0v) is 22.3. The predicted molar refractivity (Wildman–Crippen MR) is 146 cm³/mol. The van der Waals surface area contributed by atoms with Crippen LogP contribution in [0.2, 0.25) is 0 Å². The maximum Gasteiger partial charge on any atom is 0.271 e. The minimum absolute atomic E-state index is 0.308. The molecule has 0 radical (unpaired) electrons. The normalized spacial score (nSPS) is 15.2. The number of rotatable bonds is 5. The van der Waals surface area contributed by atoms with Crippen molar-refractivity contribution in [2.75, 3.05) is 12.4 Å². The van der Waals surface area contributed by atoms with Crippen LogP contribution in [0.5, 0.6) is 5.75 Å². The summed E-state index contributed by atoms with van der Waals surface area (Å²) in [6, 6.07) is 19.6. The van der Waals surface area contributed by atoms with Crippen molar-refractivity contribution >= 4 is 44.9 Å². The highest BCUT2D eigenvalue weighted by Crippen LogP contribution is 2.31. The van der Waals surface area contributed by atoms with Gasteiger partial charge in [-0.2, -0.15) is 0 Å². The molecule has 1 atom stereocenters. The molecule has 1 N–H and O–H groups in total. The average molecular weight is 578 g/mol. The molecule has 2 heterocycles. The van der Waals surface area contributed by atoms with Gasteiger partial charge in [-0.05, 0) is 61.0 Å². The zero-order valence-electron chi connectivity index (χ0n) is 19.9. The highest BCUT2D eigenvalue weighted by atomic mass is 79.9. The van der Waals surface area contributed by atoms with Crippen LogP contribution in [0.4, 0.5) is 10.1 Å². The van der Waals surface area contributed by atoms with Crippen LogP contribution in [0.15, 0.2) is 98.3 Å².